The third kappa shape index (κ3) is 8.86. The van der Waals surface area contributed by atoms with Crippen molar-refractivity contribution >= 4 is 24.1 Å². The van der Waals surface area contributed by atoms with Crippen molar-refractivity contribution in [3.05, 3.63) is 84.0 Å². The maximum absolute atomic E-state index is 11.6. The van der Waals surface area contributed by atoms with Crippen molar-refractivity contribution in [1.82, 2.24) is 0 Å². The molecule has 0 aliphatic rings. The summed E-state index contributed by atoms with van der Waals surface area (Å²) in [5.41, 5.74) is 4.47. The largest absolute Gasteiger partial charge is 0.423 e. The lowest BCUT2D eigenvalue weighted by atomic mass is 9.97. The minimum absolute atomic E-state index is 0.461. The van der Waals surface area contributed by atoms with Crippen molar-refractivity contribution in [3.8, 4) is 11.5 Å². The highest BCUT2D eigenvalue weighted by molar-refractivity contribution is 5.84. The van der Waals surface area contributed by atoms with E-state index in [-0.39, 0.29) is 0 Å². The molecule has 4 nitrogen and oxygen atoms in total. The molecule has 0 heterocycles. The van der Waals surface area contributed by atoms with Crippen LogP contribution in [0.4, 0.5) is 0 Å². The quantitative estimate of drug-likeness (QED) is 0.0962. The summed E-state index contributed by atoms with van der Waals surface area (Å²) in [5, 5.41) is 0. The van der Waals surface area contributed by atoms with E-state index < -0.39 is 11.9 Å². The number of rotatable bonds is 14. The van der Waals surface area contributed by atoms with Gasteiger partial charge in [0.05, 0.1) is 0 Å². The molecule has 0 unspecified atom stereocenters. The zero-order valence-corrected chi connectivity index (χ0v) is 20.5. The van der Waals surface area contributed by atoms with Gasteiger partial charge >= 0.3 is 11.9 Å². The highest BCUT2D eigenvalue weighted by Gasteiger charge is 2.08. The van der Waals surface area contributed by atoms with Gasteiger partial charge in [-0.15, -0.1) is 0 Å². The van der Waals surface area contributed by atoms with Crippen LogP contribution in [0.15, 0.2) is 61.7 Å². The molecule has 0 aliphatic carbocycles. The summed E-state index contributed by atoms with van der Waals surface area (Å²) in [6, 6.07) is 11.5. The third-order valence-corrected chi connectivity index (χ3v) is 5.54. The first-order chi connectivity index (χ1) is 16.5. The Balaban J connectivity index is 2.34. The number of carbonyl (C=O) groups is 2. The van der Waals surface area contributed by atoms with E-state index in [1.165, 1.54) is 12.2 Å². The van der Waals surface area contributed by atoms with Crippen LogP contribution in [0.5, 0.6) is 11.5 Å². The maximum Gasteiger partial charge on any atom is 0.335 e. The number of hydrogen-bond acceptors (Lipinski definition) is 4. The van der Waals surface area contributed by atoms with Crippen LogP contribution in [0, 0.1) is 0 Å². The van der Waals surface area contributed by atoms with Crippen LogP contribution in [0.3, 0.4) is 0 Å². The number of aryl methyl sites for hydroxylation is 2. The van der Waals surface area contributed by atoms with E-state index in [4.69, 9.17) is 9.47 Å². The molecule has 0 bridgehead atoms. The second-order valence-electron chi connectivity index (χ2n) is 8.22. The van der Waals surface area contributed by atoms with Gasteiger partial charge in [0.1, 0.15) is 11.5 Å². The van der Waals surface area contributed by atoms with Crippen molar-refractivity contribution in [2.45, 2.75) is 65.2 Å². The molecule has 2 rings (SSSR count). The van der Waals surface area contributed by atoms with Crippen molar-refractivity contribution < 1.29 is 19.1 Å². The molecule has 2 aromatic carbocycles. The van der Waals surface area contributed by atoms with E-state index in [2.05, 4.69) is 39.2 Å². The first kappa shape index (κ1) is 26.8. The third-order valence-electron chi connectivity index (χ3n) is 5.54. The standard InChI is InChI=1S/C30H36O4/c1-5-9-11-13-25-21-27(33-29(31)7-3)19-17-23(25)15-16-24-18-20-28(34-30(32)8-4)22-26(24)14-12-10-6-2/h7-8,15-22H,3-6,9-14H2,1-2H3/b16-15+. The first-order valence-electron chi connectivity index (χ1n) is 12.1. The van der Waals surface area contributed by atoms with Gasteiger partial charge in [-0.2, -0.15) is 0 Å². The SMILES string of the molecule is C=CC(=O)Oc1ccc(/C=C/c2ccc(OC(=O)C=C)cc2CCCCC)c(CCCCC)c1. The van der Waals surface area contributed by atoms with Crippen molar-refractivity contribution in [1.29, 1.82) is 0 Å². The summed E-state index contributed by atoms with van der Waals surface area (Å²) in [7, 11) is 0. The molecule has 0 fully saturated rings. The zero-order chi connectivity index (χ0) is 24.8. The molecule has 180 valence electrons. The fourth-order valence-electron chi connectivity index (χ4n) is 3.68. The topological polar surface area (TPSA) is 52.6 Å². The summed E-state index contributed by atoms with van der Waals surface area (Å²) in [4.78, 5) is 23.2. The Hall–Kier alpha value is -3.40. The molecule has 0 radical (unpaired) electrons. The van der Waals surface area contributed by atoms with Gasteiger partial charge in [-0.3, -0.25) is 0 Å². The molecule has 34 heavy (non-hydrogen) atoms. The highest BCUT2D eigenvalue weighted by atomic mass is 16.5. The van der Waals surface area contributed by atoms with Crippen LogP contribution in [0.25, 0.3) is 12.2 Å². The highest BCUT2D eigenvalue weighted by Crippen LogP contribution is 2.25. The zero-order valence-electron chi connectivity index (χ0n) is 20.5. The van der Waals surface area contributed by atoms with E-state index in [1.54, 1.807) is 0 Å². The molecule has 0 atom stereocenters. The number of ether oxygens (including phenoxy) is 2. The summed E-state index contributed by atoms with van der Waals surface area (Å²) >= 11 is 0. The summed E-state index contributed by atoms with van der Waals surface area (Å²) < 4.78 is 10.7. The Labute approximate surface area is 204 Å². The van der Waals surface area contributed by atoms with Gasteiger partial charge in [-0.05, 0) is 72.2 Å². The number of unbranched alkanes of at least 4 members (excludes halogenated alkanes) is 4. The molecular weight excluding hydrogens is 424 g/mol. The normalized spacial score (nSPS) is 10.8. The van der Waals surface area contributed by atoms with Crippen molar-refractivity contribution in [2.24, 2.45) is 0 Å². The molecule has 0 saturated carbocycles. The fourth-order valence-corrected chi connectivity index (χ4v) is 3.68. The van der Waals surface area contributed by atoms with E-state index in [0.717, 1.165) is 73.6 Å². The fraction of sp³-hybridized carbons (Fsp3) is 0.333. The summed E-state index contributed by atoms with van der Waals surface area (Å²) in [6.45, 7) is 11.3. The lowest BCUT2D eigenvalue weighted by molar-refractivity contribution is -0.129. The second-order valence-corrected chi connectivity index (χ2v) is 8.22. The Bertz CT molecular complexity index is 935. The molecule has 0 saturated heterocycles. The van der Waals surface area contributed by atoms with Crippen LogP contribution >= 0.6 is 0 Å². The maximum atomic E-state index is 11.6. The predicted octanol–water partition coefficient (Wildman–Crippen LogP) is 7.51. The van der Waals surface area contributed by atoms with E-state index in [9.17, 15) is 9.59 Å². The monoisotopic (exact) mass is 460 g/mol. The Morgan fingerprint density at radius 3 is 1.47 bits per heavy atom. The Kier molecular flexibility index (Phi) is 11.6. The Morgan fingerprint density at radius 1 is 0.706 bits per heavy atom. The van der Waals surface area contributed by atoms with Gasteiger partial charge < -0.3 is 9.47 Å². The number of esters is 2. The summed E-state index contributed by atoms with van der Waals surface area (Å²) in [5.74, 6) is 0.137. The number of benzene rings is 2. The van der Waals surface area contributed by atoms with Crippen LogP contribution in [0.1, 0.15) is 74.6 Å². The van der Waals surface area contributed by atoms with Gasteiger partial charge in [-0.1, -0.05) is 77.0 Å². The molecular formula is C30H36O4. The van der Waals surface area contributed by atoms with Crippen LogP contribution in [-0.4, -0.2) is 11.9 Å². The second kappa shape index (κ2) is 14.7. The molecule has 0 amide bonds. The van der Waals surface area contributed by atoms with Crippen LogP contribution in [0.2, 0.25) is 0 Å². The molecule has 0 spiro atoms. The minimum atomic E-state index is -0.461. The van der Waals surface area contributed by atoms with E-state index in [0.29, 0.717) is 11.5 Å². The van der Waals surface area contributed by atoms with Gasteiger partial charge in [0, 0.05) is 12.2 Å². The predicted molar refractivity (Wildman–Crippen MR) is 140 cm³/mol. The van der Waals surface area contributed by atoms with Gasteiger partial charge in [0.2, 0.25) is 0 Å². The van der Waals surface area contributed by atoms with Gasteiger partial charge in [-0.25, -0.2) is 9.59 Å². The molecule has 2 aromatic rings. The molecule has 0 aromatic heterocycles. The molecule has 0 N–H and O–H groups in total. The van der Waals surface area contributed by atoms with Gasteiger partial charge in [0.25, 0.3) is 0 Å². The van der Waals surface area contributed by atoms with E-state index >= 15 is 0 Å². The smallest absolute Gasteiger partial charge is 0.335 e. The van der Waals surface area contributed by atoms with Crippen molar-refractivity contribution in [3.63, 3.8) is 0 Å². The lowest BCUT2D eigenvalue weighted by Crippen LogP contribution is -2.04. The van der Waals surface area contributed by atoms with Crippen molar-refractivity contribution in [2.75, 3.05) is 0 Å². The minimum Gasteiger partial charge on any atom is -0.423 e. The summed E-state index contributed by atoms with van der Waals surface area (Å²) in [6.07, 6.45) is 15.1. The Morgan fingerprint density at radius 2 is 1.12 bits per heavy atom. The molecule has 0 aliphatic heterocycles. The van der Waals surface area contributed by atoms with Gasteiger partial charge in [0.15, 0.2) is 0 Å². The number of hydrogen-bond donors (Lipinski definition) is 0. The van der Waals surface area contributed by atoms with Crippen LogP contribution in [-0.2, 0) is 22.4 Å². The lowest BCUT2D eigenvalue weighted by Gasteiger charge is -2.11. The van der Waals surface area contributed by atoms with E-state index in [1.807, 2.05) is 36.4 Å². The van der Waals surface area contributed by atoms with Crippen LogP contribution < -0.4 is 9.47 Å². The number of carbonyl (C=O) groups excluding carboxylic acids is 2. The molecule has 4 heteroatoms. The average molecular weight is 461 g/mol. The first-order valence-corrected chi connectivity index (χ1v) is 12.1. The average Bonchev–Trinajstić information content (AvgIpc) is 2.84.